The Morgan fingerprint density at radius 1 is 1.21 bits per heavy atom. The SMILES string of the molecule is Cc1ccc(CC2=CCNCC2)cc1. The van der Waals surface area contributed by atoms with Gasteiger partial charge < -0.3 is 5.32 Å². The summed E-state index contributed by atoms with van der Waals surface area (Å²) in [6.07, 6.45) is 4.65. The molecule has 0 bridgehead atoms. The number of hydrogen-bond donors (Lipinski definition) is 1. The summed E-state index contributed by atoms with van der Waals surface area (Å²) in [6, 6.07) is 8.85. The van der Waals surface area contributed by atoms with Gasteiger partial charge in [0.2, 0.25) is 0 Å². The molecule has 1 aliphatic heterocycles. The molecule has 1 nitrogen and oxygen atoms in total. The molecule has 0 aromatic heterocycles. The fraction of sp³-hybridized carbons (Fsp3) is 0.385. The summed E-state index contributed by atoms with van der Waals surface area (Å²) in [6.45, 7) is 4.31. The van der Waals surface area contributed by atoms with E-state index in [1.807, 2.05) is 0 Å². The van der Waals surface area contributed by atoms with Crippen LogP contribution in [0.15, 0.2) is 35.9 Å². The number of benzene rings is 1. The molecule has 0 amide bonds. The second-order valence-corrected chi connectivity index (χ2v) is 3.98. The van der Waals surface area contributed by atoms with E-state index in [9.17, 15) is 0 Å². The summed E-state index contributed by atoms with van der Waals surface area (Å²) in [5.74, 6) is 0. The van der Waals surface area contributed by atoms with E-state index in [2.05, 4.69) is 42.6 Å². The molecule has 0 saturated heterocycles. The number of rotatable bonds is 2. The number of aryl methyl sites for hydroxylation is 1. The lowest BCUT2D eigenvalue weighted by Crippen LogP contribution is -2.21. The highest BCUT2D eigenvalue weighted by Gasteiger charge is 2.03. The van der Waals surface area contributed by atoms with Crippen LogP contribution >= 0.6 is 0 Å². The maximum absolute atomic E-state index is 3.33. The lowest BCUT2D eigenvalue weighted by molar-refractivity contribution is 0.692. The first-order valence-electron chi connectivity index (χ1n) is 5.29. The van der Waals surface area contributed by atoms with Crippen molar-refractivity contribution in [1.29, 1.82) is 0 Å². The van der Waals surface area contributed by atoms with Crippen molar-refractivity contribution < 1.29 is 0 Å². The normalized spacial score (nSPS) is 16.5. The predicted molar refractivity (Wildman–Crippen MR) is 60.5 cm³/mol. The van der Waals surface area contributed by atoms with Gasteiger partial charge in [0.1, 0.15) is 0 Å². The van der Waals surface area contributed by atoms with Crippen molar-refractivity contribution in [3.63, 3.8) is 0 Å². The molecule has 1 aromatic rings. The second-order valence-electron chi connectivity index (χ2n) is 3.98. The summed E-state index contributed by atoms with van der Waals surface area (Å²) < 4.78 is 0. The zero-order chi connectivity index (χ0) is 9.80. The third kappa shape index (κ3) is 2.46. The molecule has 2 rings (SSSR count). The fourth-order valence-corrected chi connectivity index (χ4v) is 1.80. The Balaban J connectivity index is 2.03. The molecule has 1 aliphatic rings. The first-order valence-corrected chi connectivity index (χ1v) is 5.29. The van der Waals surface area contributed by atoms with E-state index >= 15 is 0 Å². The molecule has 0 fully saturated rings. The molecule has 14 heavy (non-hydrogen) atoms. The molecule has 74 valence electrons. The summed E-state index contributed by atoms with van der Waals surface area (Å²) in [5, 5.41) is 3.33. The number of nitrogens with one attached hydrogen (secondary N) is 1. The highest BCUT2D eigenvalue weighted by molar-refractivity contribution is 5.26. The predicted octanol–water partition coefficient (Wildman–Crippen LogP) is 2.46. The molecule has 0 atom stereocenters. The van der Waals surface area contributed by atoms with Gasteiger partial charge >= 0.3 is 0 Å². The van der Waals surface area contributed by atoms with Crippen LogP contribution in [0.2, 0.25) is 0 Å². The lowest BCUT2D eigenvalue weighted by Gasteiger charge is -2.13. The van der Waals surface area contributed by atoms with Crippen LogP contribution in [0, 0.1) is 6.92 Å². The average molecular weight is 187 g/mol. The van der Waals surface area contributed by atoms with Crippen LogP contribution in [0.25, 0.3) is 0 Å². The van der Waals surface area contributed by atoms with Crippen molar-refractivity contribution in [1.82, 2.24) is 5.32 Å². The van der Waals surface area contributed by atoms with Crippen LogP contribution in [0.1, 0.15) is 17.5 Å². The van der Waals surface area contributed by atoms with Gasteiger partial charge in [0.15, 0.2) is 0 Å². The molecule has 0 aliphatic carbocycles. The Kier molecular flexibility index (Phi) is 3.00. The van der Waals surface area contributed by atoms with Gasteiger partial charge in [0.25, 0.3) is 0 Å². The fourth-order valence-electron chi connectivity index (χ4n) is 1.80. The average Bonchev–Trinajstić information content (AvgIpc) is 2.23. The van der Waals surface area contributed by atoms with Gasteiger partial charge in [-0.15, -0.1) is 0 Å². The smallest absolute Gasteiger partial charge is 0.0137 e. The molecule has 1 heterocycles. The third-order valence-corrected chi connectivity index (χ3v) is 2.71. The first-order chi connectivity index (χ1) is 6.84. The van der Waals surface area contributed by atoms with E-state index in [0.717, 1.165) is 19.5 Å². The van der Waals surface area contributed by atoms with Gasteiger partial charge in [-0.3, -0.25) is 0 Å². The molecular weight excluding hydrogens is 170 g/mol. The number of hydrogen-bond acceptors (Lipinski definition) is 1. The van der Waals surface area contributed by atoms with E-state index in [0.29, 0.717) is 0 Å². The lowest BCUT2D eigenvalue weighted by atomic mass is 10.00. The quantitative estimate of drug-likeness (QED) is 0.701. The van der Waals surface area contributed by atoms with Crippen molar-refractivity contribution in [2.75, 3.05) is 13.1 Å². The van der Waals surface area contributed by atoms with Crippen LogP contribution in [0.4, 0.5) is 0 Å². The van der Waals surface area contributed by atoms with Crippen LogP contribution in [0.5, 0.6) is 0 Å². The molecule has 1 aromatic carbocycles. The summed E-state index contributed by atoms with van der Waals surface area (Å²) >= 11 is 0. The van der Waals surface area contributed by atoms with E-state index in [1.165, 1.54) is 17.5 Å². The van der Waals surface area contributed by atoms with Crippen molar-refractivity contribution in [3.05, 3.63) is 47.0 Å². The van der Waals surface area contributed by atoms with E-state index in [-0.39, 0.29) is 0 Å². The summed E-state index contributed by atoms with van der Waals surface area (Å²) in [5.41, 5.74) is 4.35. The van der Waals surface area contributed by atoms with Gasteiger partial charge in [-0.1, -0.05) is 41.5 Å². The minimum Gasteiger partial charge on any atom is -0.313 e. The molecule has 1 heteroatoms. The summed E-state index contributed by atoms with van der Waals surface area (Å²) in [4.78, 5) is 0. The minimum atomic E-state index is 1.04. The maximum atomic E-state index is 3.33. The monoisotopic (exact) mass is 187 g/mol. The van der Waals surface area contributed by atoms with Crippen molar-refractivity contribution in [2.45, 2.75) is 19.8 Å². The second kappa shape index (κ2) is 4.43. The topological polar surface area (TPSA) is 12.0 Å². The van der Waals surface area contributed by atoms with Gasteiger partial charge in [-0.05, 0) is 31.9 Å². The van der Waals surface area contributed by atoms with Crippen molar-refractivity contribution in [2.24, 2.45) is 0 Å². The van der Waals surface area contributed by atoms with Crippen LogP contribution in [0.3, 0.4) is 0 Å². The largest absolute Gasteiger partial charge is 0.313 e. The highest BCUT2D eigenvalue weighted by atomic mass is 14.8. The Labute approximate surface area is 85.8 Å². The third-order valence-electron chi connectivity index (χ3n) is 2.71. The van der Waals surface area contributed by atoms with Crippen LogP contribution in [-0.4, -0.2) is 13.1 Å². The zero-order valence-electron chi connectivity index (χ0n) is 8.72. The van der Waals surface area contributed by atoms with Crippen LogP contribution in [-0.2, 0) is 6.42 Å². The van der Waals surface area contributed by atoms with E-state index in [4.69, 9.17) is 0 Å². The van der Waals surface area contributed by atoms with Gasteiger partial charge in [0, 0.05) is 6.54 Å². The van der Waals surface area contributed by atoms with E-state index < -0.39 is 0 Å². The molecule has 1 N–H and O–H groups in total. The Bertz CT molecular complexity index is 322. The molecule has 0 unspecified atom stereocenters. The molecule has 0 spiro atoms. The van der Waals surface area contributed by atoms with Crippen molar-refractivity contribution >= 4 is 0 Å². The van der Waals surface area contributed by atoms with Gasteiger partial charge in [-0.25, -0.2) is 0 Å². The standard InChI is InChI=1S/C13H17N/c1-11-2-4-12(5-3-11)10-13-6-8-14-9-7-13/h2-6,14H,7-10H2,1H3. The highest BCUT2D eigenvalue weighted by Crippen LogP contribution is 2.13. The van der Waals surface area contributed by atoms with E-state index in [1.54, 1.807) is 5.57 Å². The molecular formula is C13H17N. The first kappa shape index (κ1) is 9.47. The van der Waals surface area contributed by atoms with Gasteiger partial charge in [0.05, 0.1) is 0 Å². The molecule has 0 saturated carbocycles. The Morgan fingerprint density at radius 2 is 2.00 bits per heavy atom. The summed E-state index contributed by atoms with van der Waals surface area (Å²) in [7, 11) is 0. The molecule has 0 radical (unpaired) electrons. The Morgan fingerprint density at radius 3 is 2.64 bits per heavy atom. The van der Waals surface area contributed by atoms with Crippen LogP contribution < -0.4 is 5.32 Å². The van der Waals surface area contributed by atoms with Crippen molar-refractivity contribution in [3.8, 4) is 0 Å². The Hall–Kier alpha value is -1.08. The minimum absolute atomic E-state index is 1.04. The van der Waals surface area contributed by atoms with Gasteiger partial charge in [-0.2, -0.15) is 0 Å². The maximum Gasteiger partial charge on any atom is 0.0137 e. The zero-order valence-corrected chi connectivity index (χ0v) is 8.72.